The first-order chi connectivity index (χ1) is 4.75. The van der Waals surface area contributed by atoms with E-state index < -0.39 is 0 Å². The fraction of sp³-hybridized carbons (Fsp3) is 0.333. The third kappa shape index (κ3) is 1.00. The van der Waals surface area contributed by atoms with Crippen molar-refractivity contribution >= 4 is 11.5 Å². The maximum atomic E-state index is 5.49. The predicted molar refractivity (Wildman–Crippen MR) is 41.1 cm³/mol. The first-order valence-corrected chi connectivity index (χ1v) is 2.98. The molecule has 1 aromatic heterocycles. The smallest absolute Gasteiger partial charge is 0.150 e. The molecular formula is C6H10N4. The topological polar surface area (TPSA) is 67.1 Å². The second-order valence-electron chi connectivity index (χ2n) is 1.97. The van der Waals surface area contributed by atoms with Crippen molar-refractivity contribution in [2.45, 2.75) is 6.92 Å². The molecular weight excluding hydrogens is 128 g/mol. The van der Waals surface area contributed by atoms with Gasteiger partial charge in [-0.05, 0) is 6.92 Å². The highest BCUT2D eigenvalue weighted by molar-refractivity contribution is 6.00. The molecule has 0 spiro atoms. The standard InChI is InChI=1S/C6H10N4/c1-4(8-2)5-6(7)10-3-9-5/h3H,7H2,1-2H3,(H,9,10). The van der Waals surface area contributed by atoms with Gasteiger partial charge in [0.15, 0.2) is 5.82 Å². The van der Waals surface area contributed by atoms with Crippen molar-refractivity contribution in [1.29, 1.82) is 0 Å². The number of nitrogens with two attached hydrogens (primary N) is 1. The summed E-state index contributed by atoms with van der Waals surface area (Å²) in [6.07, 6.45) is 1.55. The number of hydrogen-bond donors (Lipinski definition) is 2. The number of aromatic nitrogens is 2. The summed E-state index contributed by atoms with van der Waals surface area (Å²) in [5.74, 6) is 0.503. The monoisotopic (exact) mass is 138 g/mol. The average molecular weight is 138 g/mol. The number of imidazole rings is 1. The van der Waals surface area contributed by atoms with Gasteiger partial charge in [-0.25, -0.2) is 4.98 Å². The molecule has 0 unspecified atom stereocenters. The zero-order chi connectivity index (χ0) is 7.56. The molecule has 4 nitrogen and oxygen atoms in total. The van der Waals surface area contributed by atoms with Gasteiger partial charge >= 0.3 is 0 Å². The molecule has 1 rings (SSSR count). The van der Waals surface area contributed by atoms with Crippen LogP contribution in [0.15, 0.2) is 11.3 Å². The van der Waals surface area contributed by atoms with E-state index in [-0.39, 0.29) is 0 Å². The quantitative estimate of drug-likeness (QED) is 0.552. The Hall–Kier alpha value is -1.32. The van der Waals surface area contributed by atoms with Crippen LogP contribution in [0, 0.1) is 0 Å². The van der Waals surface area contributed by atoms with Crippen LogP contribution in [0.25, 0.3) is 0 Å². The van der Waals surface area contributed by atoms with Gasteiger partial charge in [-0.15, -0.1) is 0 Å². The molecule has 0 radical (unpaired) electrons. The van der Waals surface area contributed by atoms with Crippen LogP contribution < -0.4 is 5.73 Å². The van der Waals surface area contributed by atoms with Gasteiger partial charge in [-0.1, -0.05) is 0 Å². The van der Waals surface area contributed by atoms with E-state index in [0.717, 1.165) is 11.4 Å². The van der Waals surface area contributed by atoms with Gasteiger partial charge in [-0.2, -0.15) is 0 Å². The largest absolute Gasteiger partial charge is 0.382 e. The molecule has 3 N–H and O–H groups in total. The summed E-state index contributed by atoms with van der Waals surface area (Å²) in [6.45, 7) is 1.88. The van der Waals surface area contributed by atoms with Crippen molar-refractivity contribution < 1.29 is 0 Å². The third-order valence-corrected chi connectivity index (χ3v) is 1.37. The summed E-state index contributed by atoms with van der Waals surface area (Å²) in [6, 6.07) is 0. The summed E-state index contributed by atoms with van der Waals surface area (Å²) < 4.78 is 0. The second kappa shape index (κ2) is 2.51. The maximum absolute atomic E-state index is 5.49. The lowest BCUT2D eigenvalue weighted by Gasteiger charge is -1.93. The van der Waals surface area contributed by atoms with E-state index in [9.17, 15) is 0 Å². The number of nitrogens with zero attached hydrogens (tertiary/aromatic N) is 2. The average Bonchev–Trinajstić information content (AvgIpc) is 2.34. The van der Waals surface area contributed by atoms with Gasteiger partial charge in [0.1, 0.15) is 5.69 Å². The number of nitrogens with one attached hydrogen (secondary N) is 1. The Morgan fingerprint density at radius 3 is 2.90 bits per heavy atom. The van der Waals surface area contributed by atoms with Crippen LogP contribution in [-0.4, -0.2) is 22.7 Å². The van der Waals surface area contributed by atoms with Crippen LogP contribution in [0.3, 0.4) is 0 Å². The lowest BCUT2D eigenvalue weighted by Crippen LogP contribution is -1.99. The zero-order valence-electron chi connectivity index (χ0n) is 6.05. The Bertz CT molecular complexity index is 248. The first-order valence-electron chi connectivity index (χ1n) is 2.98. The molecule has 0 aliphatic carbocycles. The highest BCUT2D eigenvalue weighted by atomic mass is 15.0. The van der Waals surface area contributed by atoms with Gasteiger partial charge in [-0.3, -0.25) is 4.99 Å². The van der Waals surface area contributed by atoms with Crippen molar-refractivity contribution in [3.8, 4) is 0 Å². The summed E-state index contributed by atoms with van der Waals surface area (Å²) in [7, 11) is 1.72. The van der Waals surface area contributed by atoms with Crippen LogP contribution in [-0.2, 0) is 0 Å². The number of nitrogen functional groups attached to an aromatic ring is 1. The van der Waals surface area contributed by atoms with E-state index in [1.807, 2.05) is 6.92 Å². The van der Waals surface area contributed by atoms with E-state index in [2.05, 4.69) is 15.0 Å². The second-order valence-corrected chi connectivity index (χ2v) is 1.97. The maximum Gasteiger partial charge on any atom is 0.150 e. The molecule has 0 aromatic carbocycles. The molecule has 0 saturated carbocycles. The molecule has 0 amide bonds. The molecule has 0 bridgehead atoms. The van der Waals surface area contributed by atoms with E-state index >= 15 is 0 Å². The van der Waals surface area contributed by atoms with Crippen molar-refractivity contribution in [2.75, 3.05) is 12.8 Å². The molecule has 0 aliphatic rings. The van der Waals surface area contributed by atoms with Crippen LogP contribution >= 0.6 is 0 Å². The van der Waals surface area contributed by atoms with E-state index in [1.54, 1.807) is 13.4 Å². The first kappa shape index (κ1) is 6.80. The van der Waals surface area contributed by atoms with Crippen molar-refractivity contribution in [3.63, 3.8) is 0 Å². The highest BCUT2D eigenvalue weighted by Crippen LogP contribution is 2.04. The van der Waals surface area contributed by atoms with Crippen molar-refractivity contribution in [2.24, 2.45) is 4.99 Å². The Kier molecular flexibility index (Phi) is 1.71. The van der Waals surface area contributed by atoms with Gasteiger partial charge < -0.3 is 10.7 Å². The summed E-state index contributed by atoms with van der Waals surface area (Å²) >= 11 is 0. The molecule has 0 saturated heterocycles. The Balaban J connectivity index is 3.05. The minimum Gasteiger partial charge on any atom is -0.382 e. The molecule has 10 heavy (non-hydrogen) atoms. The van der Waals surface area contributed by atoms with E-state index in [4.69, 9.17) is 5.73 Å². The highest BCUT2D eigenvalue weighted by Gasteiger charge is 2.02. The summed E-state index contributed by atoms with van der Waals surface area (Å²) in [5, 5.41) is 0. The lowest BCUT2D eigenvalue weighted by molar-refractivity contribution is 1.29. The number of H-pyrrole nitrogens is 1. The molecule has 0 aliphatic heterocycles. The van der Waals surface area contributed by atoms with Gasteiger partial charge in [0.2, 0.25) is 0 Å². The van der Waals surface area contributed by atoms with E-state index in [0.29, 0.717) is 5.82 Å². The fourth-order valence-corrected chi connectivity index (χ4v) is 0.706. The van der Waals surface area contributed by atoms with Crippen molar-refractivity contribution in [1.82, 2.24) is 9.97 Å². The van der Waals surface area contributed by atoms with Gasteiger partial charge in [0.25, 0.3) is 0 Å². The molecule has 1 heterocycles. The zero-order valence-corrected chi connectivity index (χ0v) is 6.05. The normalized spacial score (nSPS) is 12.0. The molecule has 0 fully saturated rings. The Morgan fingerprint density at radius 2 is 2.50 bits per heavy atom. The minimum atomic E-state index is 0.503. The summed E-state index contributed by atoms with van der Waals surface area (Å²) in [4.78, 5) is 10.7. The molecule has 54 valence electrons. The number of rotatable bonds is 1. The van der Waals surface area contributed by atoms with E-state index in [1.165, 1.54) is 0 Å². The predicted octanol–water partition coefficient (Wildman–Crippen LogP) is 0.431. The molecule has 1 aromatic rings. The lowest BCUT2D eigenvalue weighted by atomic mass is 10.3. The van der Waals surface area contributed by atoms with Crippen LogP contribution in [0.5, 0.6) is 0 Å². The number of hydrogen-bond acceptors (Lipinski definition) is 3. The minimum absolute atomic E-state index is 0.503. The fourth-order valence-electron chi connectivity index (χ4n) is 0.706. The third-order valence-electron chi connectivity index (χ3n) is 1.37. The van der Waals surface area contributed by atoms with Gasteiger partial charge in [0, 0.05) is 7.05 Å². The Labute approximate surface area is 59.2 Å². The molecule has 4 heteroatoms. The van der Waals surface area contributed by atoms with Crippen LogP contribution in [0.4, 0.5) is 5.82 Å². The van der Waals surface area contributed by atoms with Gasteiger partial charge in [0.05, 0.1) is 12.0 Å². The Morgan fingerprint density at radius 1 is 1.80 bits per heavy atom. The number of aliphatic imine (C=N–C) groups is 1. The SMILES string of the molecule is CN=C(C)c1[nH]cnc1N. The number of anilines is 1. The van der Waals surface area contributed by atoms with Crippen LogP contribution in [0.1, 0.15) is 12.6 Å². The van der Waals surface area contributed by atoms with Crippen molar-refractivity contribution in [3.05, 3.63) is 12.0 Å². The number of aromatic amines is 1. The molecule has 0 atom stereocenters. The van der Waals surface area contributed by atoms with Crippen LogP contribution in [0.2, 0.25) is 0 Å². The summed E-state index contributed by atoms with van der Waals surface area (Å²) in [5.41, 5.74) is 7.17.